The Morgan fingerprint density at radius 3 is 2.50 bits per heavy atom. The molecule has 6 heteroatoms. The van der Waals surface area contributed by atoms with E-state index in [0.717, 1.165) is 0 Å². The average Bonchev–Trinajstić information content (AvgIpc) is 2.68. The molecule has 5 nitrogen and oxygen atoms in total. The Labute approximate surface area is 104 Å². The molecular weight excluding hydrogens is 239 g/mol. The van der Waals surface area contributed by atoms with Gasteiger partial charge in [0.1, 0.15) is 5.75 Å². The lowest BCUT2D eigenvalue weighted by atomic mass is 10.2. The van der Waals surface area contributed by atoms with E-state index in [1.54, 1.807) is 0 Å². The number of carbonyl (C=O) groups is 1. The monoisotopic (exact) mass is 254 g/mol. The topological polar surface area (TPSA) is 64.8 Å². The van der Waals surface area contributed by atoms with Gasteiger partial charge in [0.15, 0.2) is 11.6 Å². The molecule has 0 spiro atoms. The third kappa shape index (κ3) is 2.11. The van der Waals surface area contributed by atoms with Crippen LogP contribution in [0.2, 0.25) is 0 Å². The van der Waals surface area contributed by atoms with E-state index in [1.165, 1.54) is 31.3 Å². The molecule has 1 unspecified atom stereocenters. The molecule has 0 aliphatic carbocycles. The number of hydrogen-bond donors (Lipinski definition) is 1. The van der Waals surface area contributed by atoms with E-state index in [1.807, 2.05) is 0 Å². The van der Waals surface area contributed by atoms with Crippen molar-refractivity contribution in [2.45, 2.75) is 12.5 Å². The highest BCUT2D eigenvalue weighted by atomic mass is 19.1. The third-order valence-electron chi connectivity index (χ3n) is 2.90. The van der Waals surface area contributed by atoms with Crippen molar-refractivity contribution >= 4 is 11.6 Å². The van der Waals surface area contributed by atoms with Gasteiger partial charge in [-0.1, -0.05) is 0 Å². The molecule has 98 valence electrons. The van der Waals surface area contributed by atoms with Crippen LogP contribution in [0.5, 0.6) is 11.5 Å². The molecule has 1 aromatic rings. The quantitative estimate of drug-likeness (QED) is 0.870. The number of rotatable bonds is 3. The normalized spacial score (nSPS) is 19.2. The predicted octanol–water partition coefficient (Wildman–Crippen LogP) is 0.907. The zero-order chi connectivity index (χ0) is 13.3. The molecule has 2 N–H and O–H groups in total. The van der Waals surface area contributed by atoms with Gasteiger partial charge in [0.2, 0.25) is 5.91 Å². The van der Waals surface area contributed by atoms with Crippen LogP contribution in [-0.4, -0.2) is 32.7 Å². The smallest absolute Gasteiger partial charge is 0.228 e. The number of methoxy groups -OCH3 is 2. The minimum Gasteiger partial charge on any atom is -0.494 e. The van der Waals surface area contributed by atoms with E-state index in [-0.39, 0.29) is 24.1 Å². The summed E-state index contributed by atoms with van der Waals surface area (Å²) in [6.45, 7) is 0.362. The Kier molecular flexibility index (Phi) is 3.38. The Bertz CT molecular complexity index is 479. The van der Waals surface area contributed by atoms with Gasteiger partial charge in [0, 0.05) is 31.1 Å². The van der Waals surface area contributed by atoms with Crippen molar-refractivity contribution in [1.29, 1.82) is 0 Å². The van der Waals surface area contributed by atoms with Gasteiger partial charge >= 0.3 is 0 Å². The molecule has 1 fully saturated rings. The van der Waals surface area contributed by atoms with Gasteiger partial charge in [-0.3, -0.25) is 4.79 Å². The highest BCUT2D eigenvalue weighted by molar-refractivity contribution is 5.97. The second-order valence-electron chi connectivity index (χ2n) is 4.13. The number of nitrogens with two attached hydrogens (primary N) is 1. The van der Waals surface area contributed by atoms with Crippen LogP contribution in [0.3, 0.4) is 0 Å². The number of ether oxygens (including phenoxy) is 2. The fraction of sp³-hybridized carbons (Fsp3) is 0.417. The average molecular weight is 254 g/mol. The number of benzene rings is 1. The summed E-state index contributed by atoms with van der Waals surface area (Å²) in [7, 11) is 2.82. The highest BCUT2D eigenvalue weighted by Gasteiger charge is 2.30. The molecule has 0 aromatic heterocycles. The Morgan fingerprint density at radius 1 is 1.33 bits per heavy atom. The SMILES string of the molecule is COc1cc(OC)c(N2CC(N)CC2=O)cc1F. The summed E-state index contributed by atoms with van der Waals surface area (Å²) >= 11 is 0. The van der Waals surface area contributed by atoms with Crippen LogP contribution < -0.4 is 20.1 Å². The molecule has 0 radical (unpaired) electrons. The van der Waals surface area contributed by atoms with Gasteiger partial charge < -0.3 is 20.1 Å². The lowest BCUT2D eigenvalue weighted by Crippen LogP contribution is -2.28. The first-order chi connectivity index (χ1) is 8.56. The van der Waals surface area contributed by atoms with Gasteiger partial charge in [0.25, 0.3) is 0 Å². The minimum absolute atomic E-state index is 0.0755. The summed E-state index contributed by atoms with van der Waals surface area (Å²) in [5.74, 6) is -0.214. The Morgan fingerprint density at radius 2 is 2.00 bits per heavy atom. The van der Waals surface area contributed by atoms with Gasteiger partial charge in [-0.25, -0.2) is 4.39 Å². The Balaban J connectivity index is 2.44. The summed E-state index contributed by atoms with van der Waals surface area (Å²) < 4.78 is 23.7. The van der Waals surface area contributed by atoms with Gasteiger partial charge in [-0.2, -0.15) is 0 Å². The van der Waals surface area contributed by atoms with Crippen molar-refractivity contribution in [3.8, 4) is 11.5 Å². The molecule has 1 saturated heterocycles. The maximum Gasteiger partial charge on any atom is 0.228 e. The first-order valence-corrected chi connectivity index (χ1v) is 5.54. The molecular formula is C12H15FN2O3. The van der Waals surface area contributed by atoms with Crippen molar-refractivity contribution < 1.29 is 18.7 Å². The van der Waals surface area contributed by atoms with Gasteiger partial charge in [0.05, 0.1) is 19.9 Å². The molecule has 0 saturated carbocycles. The number of halogens is 1. The fourth-order valence-electron chi connectivity index (χ4n) is 2.02. The molecule has 1 aliphatic rings. The summed E-state index contributed by atoms with van der Waals surface area (Å²) in [6, 6.07) is 2.42. The lowest BCUT2D eigenvalue weighted by Gasteiger charge is -2.20. The Hall–Kier alpha value is -1.82. The molecule has 1 heterocycles. The largest absolute Gasteiger partial charge is 0.494 e. The molecule has 1 aromatic carbocycles. The van der Waals surface area contributed by atoms with Crippen molar-refractivity contribution in [2.75, 3.05) is 25.7 Å². The molecule has 1 amide bonds. The number of nitrogens with zero attached hydrogens (tertiary/aromatic N) is 1. The number of carbonyl (C=O) groups excluding carboxylic acids is 1. The zero-order valence-corrected chi connectivity index (χ0v) is 10.3. The van der Waals surface area contributed by atoms with E-state index in [9.17, 15) is 9.18 Å². The summed E-state index contributed by atoms with van der Waals surface area (Å²) in [6.07, 6.45) is 0.261. The maximum absolute atomic E-state index is 13.7. The molecule has 0 bridgehead atoms. The van der Waals surface area contributed by atoms with Crippen molar-refractivity contribution in [3.05, 3.63) is 17.9 Å². The molecule has 1 atom stereocenters. The van der Waals surface area contributed by atoms with Crippen LogP contribution in [0.1, 0.15) is 6.42 Å². The molecule has 2 rings (SSSR count). The number of amides is 1. The van der Waals surface area contributed by atoms with E-state index >= 15 is 0 Å². The van der Waals surface area contributed by atoms with Crippen molar-refractivity contribution in [1.82, 2.24) is 0 Å². The van der Waals surface area contributed by atoms with Crippen LogP contribution in [0.25, 0.3) is 0 Å². The number of anilines is 1. The maximum atomic E-state index is 13.7. The second-order valence-corrected chi connectivity index (χ2v) is 4.13. The lowest BCUT2D eigenvalue weighted by molar-refractivity contribution is -0.117. The minimum atomic E-state index is -0.540. The summed E-state index contributed by atoms with van der Waals surface area (Å²) in [4.78, 5) is 13.2. The predicted molar refractivity (Wildman–Crippen MR) is 64.4 cm³/mol. The second kappa shape index (κ2) is 4.81. The summed E-state index contributed by atoms with van der Waals surface area (Å²) in [5, 5.41) is 0. The van der Waals surface area contributed by atoms with E-state index < -0.39 is 5.82 Å². The van der Waals surface area contributed by atoms with Crippen molar-refractivity contribution in [3.63, 3.8) is 0 Å². The first-order valence-electron chi connectivity index (χ1n) is 5.54. The fourth-order valence-corrected chi connectivity index (χ4v) is 2.02. The summed E-state index contributed by atoms with van der Waals surface area (Å²) in [5.41, 5.74) is 6.10. The standard InChI is InChI=1S/C12H15FN2O3/c1-17-10-5-11(18-2)9(4-8(10)13)15-6-7(14)3-12(15)16/h4-5,7H,3,6,14H2,1-2H3. The third-order valence-corrected chi connectivity index (χ3v) is 2.90. The van der Waals surface area contributed by atoms with Gasteiger partial charge in [-0.15, -0.1) is 0 Å². The van der Waals surface area contributed by atoms with Crippen LogP contribution in [0.15, 0.2) is 12.1 Å². The van der Waals surface area contributed by atoms with Gasteiger partial charge in [-0.05, 0) is 0 Å². The van der Waals surface area contributed by atoms with Crippen LogP contribution >= 0.6 is 0 Å². The van der Waals surface area contributed by atoms with Crippen molar-refractivity contribution in [2.24, 2.45) is 5.73 Å². The van der Waals surface area contributed by atoms with E-state index in [4.69, 9.17) is 15.2 Å². The highest BCUT2D eigenvalue weighted by Crippen LogP contribution is 2.36. The van der Waals surface area contributed by atoms with Crippen LogP contribution in [-0.2, 0) is 4.79 Å². The zero-order valence-electron chi connectivity index (χ0n) is 10.3. The number of hydrogen-bond acceptors (Lipinski definition) is 4. The first kappa shape index (κ1) is 12.6. The molecule has 1 aliphatic heterocycles. The molecule has 18 heavy (non-hydrogen) atoms. The van der Waals surface area contributed by atoms with Crippen LogP contribution in [0, 0.1) is 5.82 Å². The van der Waals surface area contributed by atoms with E-state index in [2.05, 4.69) is 0 Å². The van der Waals surface area contributed by atoms with E-state index in [0.29, 0.717) is 18.0 Å². The van der Waals surface area contributed by atoms with Crippen LogP contribution in [0.4, 0.5) is 10.1 Å².